The summed E-state index contributed by atoms with van der Waals surface area (Å²) in [5.74, 6) is -0.979. The normalized spacial score (nSPS) is 33.2. The molecule has 2 aliphatic rings. The van der Waals surface area contributed by atoms with Gasteiger partial charge in [-0.3, -0.25) is 9.59 Å². The molecule has 0 spiro atoms. The van der Waals surface area contributed by atoms with Crippen LogP contribution in [0.4, 0.5) is 0 Å². The molecule has 19 heavy (non-hydrogen) atoms. The van der Waals surface area contributed by atoms with Crippen molar-refractivity contribution in [1.82, 2.24) is 9.80 Å². The molecular weight excluding hydrogens is 244 g/mol. The molecule has 108 valence electrons. The van der Waals surface area contributed by atoms with E-state index >= 15 is 0 Å². The molecule has 1 aliphatic carbocycles. The number of amides is 1. The van der Waals surface area contributed by atoms with Crippen LogP contribution >= 0.6 is 0 Å². The topological polar surface area (TPSA) is 60.9 Å². The van der Waals surface area contributed by atoms with Crippen LogP contribution in [0, 0.1) is 11.8 Å². The van der Waals surface area contributed by atoms with E-state index in [0.29, 0.717) is 12.5 Å². The van der Waals surface area contributed by atoms with Gasteiger partial charge in [-0.2, -0.15) is 0 Å². The summed E-state index contributed by atoms with van der Waals surface area (Å²) in [4.78, 5) is 27.7. The second-order valence-electron chi connectivity index (χ2n) is 6.01. The van der Waals surface area contributed by atoms with Gasteiger partial charge in [-0.15, -0.1) is 0 Å². The summed E-state index contributed by atoms with van der Waals surface area (Å²) in [7, 11) is 2.08. The number of hydrogen-bond donors (Lipinski definition) is 1. The minimum Gasteiger partial charge on any atom is -0.481 e. The van der Waals surface area contributed by atoms with Crippen molar-refractivity contribution in [2.75, 3.05) is 26.7 Å². The zero-order valence-electron chi connectivity index (χ0n) is 11.8. The zero-order valence-corrected chi connectivity index (χ0v) is 11.8. The third-order valence-corrected chi connectivity index (χ3v) is 4.64. The van der Waals surface area contributed by atoms with Gasteiger partial charge in [0.05, 0.1) is 5.92 Å². The number of rotatable bonds is 2. The van der Waals surface area contributed by atoms with E-state index in [1.165, 1.54) is 0 Å². The molecule has 1 aliphatic heterocycles. The van der Waals surface area contributed by atoms with Crippen molar-refractivity contribution < 1.29 is 14.7 Å². The van der Waals surface area contributed by atoms with Crippen molar-refractivity contribution in [2.24, 2.45) is 11.8 Å². The predicted octanol–water partition coefficient (Wildman–Crippen LogP) is 1.04. The lowest BCUT2D eigenvalue weighted by atomic mass is 9.80. The van der Waals surface area contributed by atoms with Crippen LogP contribution in [-0.4, -0.2) is 59.5 Å². The van der Waals surface area contributed by atoms with E-state index in [4.69, 9.17) is 5.11 Å². The Morgan fingerprint density at radius 3 is 2.47 bits per heavy atom. The maximum Gasteiger partial charge on any atom is 0.306 e. The van der Waals surface area contributed by atoms with Crippen LogP contribution in [0.15, 0.2) is 0 Å². The molecule has 1 N–H and O–H groups in total. The van der Waals surface area contributed by atoms with Crippen LogP contribution in [0.25, 0.3) is 0 Å². The van der Waals surface area contributed by atoms with Gasteiger partial charge in [0.2, 0.25) is 5.91 Å². The smallest absolute Gasteiger partial charge is 0.306 e. The number of carboxylic acid groups (broad SMARTS) is 1. The average molecular weight is 268 g/mol. The lowest BCUT2D eigenvalue weighted by Gasteiger charge is -2.40. The van der Waals surface area contributed by atoms with Gasteiger partial charge < -0.3 is 14.9 Å². The third-order valence-electron chi connectivity index (χ3n) is 4.64. The summed E-state index contributed by atoms with van der Waals surface area (Å²) in [6.45, 7) is 4.57. The minimum atomic E-state index is -0.746. The molecule has 0 aromatic carbocycles. The van der Waals surface area contributed by atoms with Crippen molar-refractivity contribution in [1.29, 1.82) is 0 Å². The van der Waals surface area contributed by atoms with E-state index in [1.807, 2.05) is 4.90 Å². The number of piperazine rings is 1. The Labute approximate surface area is 114 Å². The molecule has 0 aromatic heterocycles. The van der Waals surface area contributed by atoms with Crippen LogP contribution in [-0.2, 0) is 9.59 Å². The van der Waals surface area contributed by atoms with Gasteiger partial charge in [-0.05, 0) is 33.2 Å². The van der Waals surface area contributed by atoms with E-state index in [1.54, 1.807) is 0 Å². The van der Waals surface area contributed by atoms with Crippen molar-refractivity contribution in [2.45, 2.75) is 38.6 Å². The molecule has 3 atom stereocenters. The molecule has 3 unspecified atom stereocenters. The molecule has 0 radical (unpaired) electrons. The molecule has 1 saturated heterocycles. The third kappa shape index (κ3) is 3.26. The Hall–Kier alpha value is -1.10. The van der Waals surface area contributed by atoms with Crippen LogP contribution < -0.4 is 0 Å². The second kappa shape index (κ2) is 5.90. The number of hydrogen-bond acceptors (Lipinski definition) is 3. The summed E-state index contributed by atoms with van der Waals surface area (Å²) in [5.41, 5.74) is 0. The van der Waals surface area contributed by atoms with Crippen LogP contribution in [0.3, 0.4) is 0 Å². The summed E-state index contributed by atoms with van der Waals surface area (Å²) in [5, 5.41) is 9.09. The van der Waals surface area contributed by atoms with Crippen molar-refractivity contribution in [3.63, 3.8) is 0 Å². The van der Waals surface area contributed by atoms with E-state index in [0.717, 1.165) is 38.9 Å². The van der Waals surface area contributed by atoms with Gasteiger partial charge in [0, 0.05) is 31.6 Å². The number of likely N-dealkylation sites (N-methyl/N-ethyl adjacent to an activating group) is 1. The predicted molar refractivity (Wildman–Crippen MR) is 71.8 cm³/mol. The number of carboxylic acids is 1. The summed E-state index contributed by atoms with van der Waals surface area (Å²) >= 11 is 0. The van der Waals surface area contributed by atoms with Gasteiger partial charge in [0.1, 0.15) is 0 Å². The Bertz CT molecular complexity index is 359. The standard InChI is InChI=1S/C14H24N2O3/c1-10-9-16(7-6-15(10)2)13(17)11-4-3-5-12(8-11)14(18)19/h10-12H,3-9H2,1-2H3,(H,18,19). The monoisotopic (exact) mass is 268 g/mol. The summed E-state index contributed by atoms with van der Waals surface area (Å²) in [6, 6.07) is 0.386. The van der Waals surface area contributed by atoms with E-state index in [-0.39, 0.29) is 17.7 Å². The minimum absolute atomic E-state index is 0.0783. The maximum absolute atomic E-state index is 12.5. The first-order valence-corrected chi connectivity index (χ1v) is 7.21. The van der Waals surface area contributed by atoms with Gasteiger partial charge in [0.25, 0.3) is 0 Å². The zero-order chi connectivity index (χ0) is 14.0. The van der Waals surface area contributed by atoms with Gasteiger partial charge in [0.15, 0.2) is 0 Å². The summed E-state index contributed by atoms with van der Waals surface area (Å²) < 4.78 is 0. The highest BCUT2D eigenvalue weighted by atomic mass is 16.4. The quantitative estimate of drug-likeness (QED) is 0.813. The lowest BCUT2D eigenvalue weighted by Crippen LogP contribution is -2.53. The van der Waals surface area contributed by atoms with Crippen LogP contribution in [0.2, 0.25) is 0 Å². The highest BCUT2D eigenvalue weighted by Gasteiger charge is 2.34. The first-order valence-electron chi connectivity index (χ1n) is 7.21. The first kappa shape index (κ1) is 14.3. The number of carbonyl (C=O) groups is 2. The first-order chi connectivity index (χ1) is 8.99. The fourth-order valence-electron chi connectivity index (χ4n) is 3.15. The number of aliphatic carboxylic acids is 1. The largest absolute Gasteiger partial charge is 0.481 e. The molecule has 5 heteroatoms. The molecule has 2 rings (SSSR count). The van der Waals surface area contributed by atoms with Gasteiger partial charge >= 0.3 is 5.97 Å². The maximum atomic E-state index is 12.5. The second-order valence-corrected chi connectivity index (χ2v) is 6.01. The Balaban J connectivity index is 1.94. The molecule has 0 aromatic rings. The number of nitrogens with zero attached hydrogens (tertiary/aromatic N) is 2. The van der Waals surface area contributed by atoms with E-state index < -0.39 is 5.97 Å². The van der Waals surface area contributed by atoms with Gasteiger partial charge in [-0.25, -0.2) is 0 Å². The number of carbonyl (C=O) groups excluding carboxylic acids is 1. The molecule has 0 bridgehead atoms. The summed E-state index contributed by atoms with van der Waals surface area (Å²) in [6.07, 6.45) is 2.95. The molecule has 1 amide bonds. The van der Waals surface area contributed by atoms with Crippen molar-refractivity contribution in [3.05, 3.63) is 0 Å². The fraction of sp³-hybridized carbons (Fsp3) is 0.857. The molecule has 2 fully saturated rings. The molecule has 1 heterocycles. The highest BCUT2D eigenvalue weighted by Crippen LogP contribution is 2.31. The molecular formula is C14H24N2O3. The molecule has 5 nitrogen and oxygen atoms in total. The van der Waals surface area contributed by atoms with Crippen LogP contribution in [0.5, 0.6) is 0 Å². The lowest BCUT2D eigenvalue weighted by molar-refractivity contribution is -0.146. The Morgan fingerprint density at radius 1 is 1.16 bits per heavy atom. The van der Waals surface area contributed by atoms with Crippen LogP contribution in [0.1, 0.15) is 32.6 Å². The Morgan fingerprint density at radius 2 is 1.84 bits per heavy atom. The van der Waals surface area contributed by atoms with E-state index in [2.05, 4.69) is 18.9 Å². The van der Waals surface area contributed by atoms with Crippen molar-refractivity contribution >= 4 is 11.9 Å². The SMILES string of the molecule is CC1CN(C(=O)C2CCCC(C(=O)O)C2)CCN1C. The molecule has 1 saturated carbocycles. The van der Waals surface area contributed by atoms with Crippen molar-refractivity contribution in [3.8, 4) is 0 Å². The van der Waals surface area contributed by atoms with E-state index in [9.17, 15) is 9.59 Å². The highest BCUT2D eigenvalue weighted by molar-refractivity contribution is 5.80. The fourth-order valence-corrected chi connectivity index (χ4v) is 3.15. The van der Waals surface area contributed by atoms with Gasteiger partial charge in [-0.1, -0.05) is 6.42 Å². The Kier molecular flexibility index (Phi) is 4.45. The average Bonchev–Trinajstić information content (AvgIpc) is 2.41.